The zero-order chi connectivity index (χ0) is 14.6. The van der Waals surface area contributed by atoms with E-state index in [1.54, 1.807) is 24.0 Å². The van der Waals surface area contributed by atoms with E-state index in [2.05, 4.69) is 0 Å². The summed E-state index contributed by atoms with van der Waals surface area (Å²) < 4.78 is 0. The van der Waals surface area contributed by atoms with E-state index >= 15 is 0 Å². The lowest BCUT2D eigenvalue weighted by Crippen LogP contribution is -2.38. The van der Waals surface area contributed by atoms with Gasteiger partial charge in [-0.05, 0) is 37.6 Å². The zero-order valence-corrected chi connectivity index (χ0v) is 12.3. The number of aryl methyl sites for hydroxylation is 1. The summed E-state index contributed by atoms with van der Waals surface area (Å²) in [7, 11) is 0. The summed E-state index contributed by atoms with van der Waals surface area (Å²) >= 11 is 4.94. The summed E-state index contributed by atoms with van der Waals surface area (Å²) in [5.74, 6) is 0.0769. The number of nitrogens with zero attached hydrogens (tertiary/aromatic N) is 1. The first kappa shape index (κ1) is 15.4. The molecule has 0 saturated carbocycles. The van der Waals surface area contributed by atoms with Crippen LogP contribution in [0.2, 0.25) is 0 Å². The maximum Gasteiger partial charge on any atom is 0.254 e. The SMILES string of the molecule is CCN(CC(C)C(N)=S)C(=O)c1ccc(O)cc1C. The number of rotatable bonds is 5. The third-order valence-electron chi connectivity index (χ3n) is 3.09. The summed E-state index contributed by atoms with van der Waals surface area (Å²) in [6.07, 6.45) is 0. The monoisotopic (exact) mass is 280 g/mol. The second-order valence-corrected chi connectivity index (χ2v) is 5.12. The molecule has 1 aromatic carbocycles. The number of phenolic OH excluding ortho intramolecular Hbond substituents is 1. The molecule has 1 atom stereocenters. The molecular weight excluding hydrogens is 260 g/mol. The van der Waals surface area contributed by atoms with Crippen LogP contribution >= 0.6 is 12.2 Å². The van der Waals surface area contributed by atoms with Crippen molar-refractivity contribution < 1.29 is 9.90 Å². The number of nitrogens with two attached hydrogens (primary N) is 1. The predicted molar refractivity (Wildman–Crippen MR) is 80.4 cm³/mol. The standard InChI is InChI=1S/C14H20N2O2S/c1-4-16(8-10(3)13(15)19)14(18)12-6-5-11(17)7-9(12)2/h5-7,10,17H,4,8H2,1-3H3,(H2,15,19). The maximum absolute atomic E-state index is 12.4. The molecule has 0 aromatic heterocycles. The molecule has 0 aliphatic carbocycles. The average Bonchev–Trinajstić information content (AvgIpc) is 2.34. The van der Waals surface area contributed by atoms with Gasteiger partial charge < -0.3 is 15.7 Å². The molecule has 104 valence electrons. The minimum Gasteiger partial charge on any atom is -0.508 e. The van der Waals surface area contributed by atoms with Crippen LogP contribution < -0.4 is 5.73 Å². The Balaban J connectivity index is 2.92. The Morgan fingerprint density at radius 2 is 2.16 bits per heavy atom. The van der Waals surface area contributed by atoms with Crippen molar-refractivity contribution in [2.45, 2.75) is 20.8 Å². The average molecular weight is 280 g/mol. The second kappa shape index (κ2) is 6.52. The molecular formula is C14H20N2O2S. The molecule has 0 radical (unpaired) electrons. The van der Waals surface area contributed by atoms with Crippen LogP contribution in [0, 0.1) is 12.8 Å². The van der Waals surface area contributed by atoms with Crippen LogP contribution in [0.5, 0.6) is 5.75 Å². The Morgan fingerprint density at radius 1 is 1.53 bits per heavy atom. The van der Waals surface area contributed by atoms with Crippen molar-refractivity contribution in [1.82, 2.24) is 4.90 Å². The van der Waals surface area contributed by atoms with Gasteiger partial charge in [0.05, 0.1) is 4.99 Å². The van der Waals surface area contributed by atoms with E-state index < -0.39 is 0 Å². The molecule has 0 fully saturated rings. The molecule has 4 nitrogen and oxygen atoms in total. The third kappa shape index (κ3) is 3.92. The second-order valence-electron chi connectivity index (χ2n) is 4.65. The van der Waals surface area contributed by atoms with Crippen LogP contribution in [0.25, 0.3) is 0 Å². The quantitative estimate of drug-likeness (QED) is 0.810. The number of carbonyl (C=O) groups excluding carboxylic acids is 1. The molecule has 0 saturated heterocycles. The molecule has 0 aliphatic heterocycles. The number of aromatic hydroxyl groups is 1. The minimum absolute atomic E-state index is 0.0173. The smallest absolute Gasteiger partial charge is 0.254 e. The number of thiocarbonyl (C=S) groups is 1. The Kier molecular flexibility index (Phi) is 5.30. The lowest BCUT2D eigenvalue weighted by atomic mass is 10.1. The summed E-state index contributed by atoms with van der Waals surface area (Å²) in [6.45, 7) is 6.72. The number of amides is 1. The van der Waals surface area contributed by atoms with Gasteiger partial charge in [-0.25, -0.2) is 0 Å². The summed E-state index contributed by atoms with van der Waals surface area (Å²) in [6, 6.07) is 4.74. The van der Waals surface area contributed by atoms with Crippen molar-refractivity contribution in [2.75, 3.05) is 13.1 Å². The zero-order valence-electron chi connectivity index (χ0n) is 11.5. The highest BCUT2D eigenvalue weighted by atomic mass is 32.1. The fourth-order valence-corrected chi connectivity index (χ4v) is 1.91. The number of hydrogen-bond donors (Lipinski definition) is 2. The number of benzene rings is 1. The number of phenols is 1. The lowest BCUT2D eigenvalue weighted by Gasteiger charge is -2.25. The lowest BCUT2D eigenvalue weighted by molar-refractivity contribution is 0.0754. The topological polar surface area (TPSA) is 66.6 Å². The Bertz CT molecular complexity index is 488. The van der Waals surface area contributed by atoms with Gasteiger partial charge >= 0.3 is 0 Å². The molecule has 0 heterocycles. The molecule has 1 rings (SSSR count). The fraction of sp³-hybridized carbons (Fsp3) is 0.429. The molecule has 5 heteroatoms. The van der Waals surface area contributed by atoms with Crippen molar-refractivity contribution in [1.29, 1.82) is 0 Å². The van der Waals surface area contributed by atoms with Gasteiger partial charge in [0.1, 0.15) is 5.75 Å². The first-order chi connectivity index (χ1) is 8.86. The molecule has 0 spiro atoms. The Morgan fingerprint density at radius 3 is 2.63 bits per heavy atom. The van der Waals surface area contributed by atoms with Gasteiger partial charge in [-0.15, -0.1) is 0 Å². The number of hydrogen-bond acceptors (Lipinski definition) is 3. The van der Waals surface area contributed by atoms with E-state index in [9.17, 15) is 9.90 Å². The van der Waals surface area contributed by atoms with Crippen molar-refractivity contribution in [3.8, 4) is 5.75 Å². The van der Waals surface area contributed by atoms with Crippen molar-refractivity contribution in [3.05, 3.63) is 29.3 Å². The maximum atomic E-state index is 12.4. The highest BCUT2D eigenvalue weighted by molar-refractivity contribution is 7.80. The molecule has 1 unspecified atom stereocenters. The fourth-order valence-electron chi connectivity index (χ4n) is 1.83. The first-order valence-electron chi connectivity index (χ1n) is 6.25. The van der Waals surface area contributed by atoms with Gasteiger partial charge in [0, 0.05) is 24.6 Å². The van der Waals surface area contributed by atoms with Gasteiger partial charge in [-0.3, -0.25) is 4.79 Å². The highest BCUT2D eigenvalue weighted by Crippen LogP contribution is 2.18. The normalized spacial score (nSPS) is 11.9. The molecule has 0 aliphatic rings. The van der Waals surface area contributed by atoms with Gasteiger partial charge in [0.25, 0.3) is 5.91 Å². The van der Waals surface area contributed by atoms with Crippen LogP contribution in [-0.2, 0) is 0 Å². The highest BCUT2D eigenvalue weighted by Gasteiger charge is 2.19. The van der Waals surface area contributed by atoms with Gasteiger partial charge in [0.15, 0.2) is 0 Å². The largest absolute Gasteiger partial charge is 0.508 e. The first-order valence-corrected chi connectivity index (χ1v) is 6.65. The third-order valence-corrected chi connectivity index (χ3v) is 3.49. The van der Waals surface area contributed by atoms with Crippen LogP contribution in [0.3, 0.4) is 0 Å². The van der Waals surface area contributed by atoms with E-state index in [0.717, 1.165) is 5.56 Å². The van der Waals surface area contributed by atoms with E-state index in [4.69, 9.17) is 18.0 Å². The number of carbonyl (C=O) groups is 1. The van der Waals surface area contributed by atoms with Gasteiger partial charge in [-0.2, -0.15) is 0 Å². The minimum atomic E-state index is -0.0666. The Hall–Kier alpha value is -1.62. The van der Waals surface area contributed by atoms with E-state index in [1.807, 2.05) is 13.8 Å². The van der Waals surface area contributed by atoms with Crippen molar-refractivity contribution >= 4 is 23.1 Å². The van der Waals surface area contributed by atoms with E-state index in [-0.39, 0.29) is 17.6 Å². The van der Waals surface area contributed by atoms with E-state index in [0.29, 0.717) is 23.6 Å². The van der Waals surface area contributed by atoms with Gasteiger partial charge in [0.2, 0.25) is 0 Å². The molecule has 1 amide bonds. The van der Waals surface area contributed by atoms with E-state index in [1.165, 1.54) is 6.07 Å². The summed E-state index contributed by atoms with van der Waals surface area (Å²) in [5.41, 5.74) is 6.94. The Labute approximate surface area is 119 Å². The van der Waals surface area contributed by atoms with Crippen molar-refractivity contribution in [3.63, 3.8) is 0 Å². The molecule has 19 heavy (non-hydrogen) atoms. The van der Waals surface area contributed by atoms with Gasteiger partial charge in [-0.1, -0.05) is 19.1 Å². The van der Waals surface area contributed by atoms with Crippen LogP contribution in [0.4, 0.5) is 0 Å². The summed E-state index contributed by atoms with van der Waals surface area (Å²) in [5, 5.41) is 9.37. The summed E-state index contributed by atoms with van der Waals surface area (Å²) in [4.78, 5) is 14.5. The van der Waals surface area contributed by atoms with Crippen LogP contribution in [0.1, 0.15) is 29.8 Å². The van der Waals surface area contributed by atoms with Crippen LogP contribution in [0.15, 0.2) is 18.2 Å². The predicted octanol–water partition coefficient (Wildman–Crippen LogP) is 2.08. The molecule has 0 bridgehead atoms. The molecule has 1 aromatic rings. The van der Waals surface area contributed by atoms with Crippen LogP contribution in [-0.4, -0.2) is 34.0 Å². The molecule has 3 N–H and O–H groups in total. The van der Waals surface area contributed by atoms with Crippen molar-refractivity contribution in [2.24, 2.45) is 11.7 Å².